The summed E-state index contributed by atoms with van der Waals surface area (Å²) in [6.45, 7) is 2.83. The molecule has 0 N–H and O–H groups in total. The zero-order valence-corrected chi connectivity index (χ0v) is 14.9. The number of piperazine rings is 1. The molecule has 1 fully saturated rings. The predicted octanol–water partition coefficient (Wildman–Crippen LogP) is 3.08. The minimum absolute atomic E-state index is 0.00160. The number of carbonyl (C=O) groups excluding carboxylic acids is 1. The second-order valence-electron chi connectivity index (χ2n) is 5.76. The number of ether oxygens (including phenoxy) is 2. The Hall–Kier alpha value is -2.40. The lowest BCUT2D eigenvalue weighted by atomic mass is 10.2. The van der Waals surface area contributed by atoms with Crippen molar-refractivity contribution in [3.05, 3.63) is 53.6 Å². The molecule has 1 heterocycles. The van der Waals surface area contributed by atoms with Gasteiger partial charge in [-0.15, -0.1) is 0 Å². The Kier molecular flexibility index (Phi) is 5.66. The number of halogens is 1. The van der Waals surface area contributed by atoms with E-state index in [1.165, 1.54) is 0 Å². The summed E-state index contributed by atoms with van der Waals surface area (Å²) < 4.78 is 11.0. The van der Waals surface area contributed by atoms with Crippen molar-refractivity contribution in [1.82, 2.24) is 4.90 Å². The number of hydrogen-bond donors (Lipinski definition) is 0. The van der Waals surface area contributed by atoms with Crippen molar-refractivity contribution in [3.63, 3.8) is 0 Å². The number of methoxy groups -OCH3 is 1. The molecule has 1 saturated heterocycles. The fourth-order valence-corrected chi connectivity index (χ4v) is 3.07. The van der Waals surface area contributed by atoms with Crippen LogP contribution in [0.5, 0.6) is 11.5 Å². The van der Waals surface area contributed by atoms with Crippen molar-refractivity contribution >= 4 is 23.2 Å². The van der Waals surface area contributed by atoms with E-state index in [0.717, 1.165) is 24.5 Å². The molecule has 3 rings (SSSR count). The summed E-state index contributed by atoms with van der Waals surface area (Å²) in [5, 5.41) is 0.510. The number of hydrogen-bond acceptors (Lipinski definition) is 4. The zero-order valence-electron chi connectivity index (χ0n) is 14.2. The topological polar surface area (TPSA) is 42.0 Å². The van der Waals surface area contributed by atoms with Crippen molar-refractivity contribution in [2.24, 2.45) is 0 Å². The number of nitrogens with zero attached hydrogens (tertiary/aromatic N) is 2. The average Bonchev–Trinajstić information content (AvgIpc) is 2.67. The fourth-order valence-electron chi connectivity index (χ4n) is 2.88. The van der Waals surface area contributed by atoms with E-state index in [-0.39, 0.29) is 12.5 Å². The summed E-state index contributed by atoms with van der Waals surface area (Å²) in [6, 6.07) is 15.1. The molecule has 1 amide bonds. The van der Waals surface area contributed by atoms with E-state index in [2.05, 4.69) is 4.90 Å². The van der Waals surface area contributed by atoms with Gasteiger partial charge in [0.05, 0.1) is 17.8 Å². The first-order chi connectivity index (χ1) is 12.2. The lowest BCUT2D eigenvalue weighted by molar-refractivity contribution is -0.133. The smallest absolute Gasteiger partial charge is 0.260 e. The Labute approximate surface area is 152 Å². The summed E-state index contributed by atoms with van der Waals surface area (Å²) in [4.78, 5) is 16.4. The van der Waals surface area contributed by atoms with Crippen molar-refractivity contribution in [2.75, 3.05) is 44.8 Å². The van der Waals surface area contributed by atoms with Gasteiger partial charge in [0.15, 0.2) is 6.61 Å². The Morgan fingerprint density at radius 2 is 1.64 bits per heavy atom. The molecule has 1 aliphatic rings. The van der Waals surface area contributed by atoms with E-state index in [4.69, 9.17) is 21.1 Å². The molecular weight excluding hydrogens is 340 g/mol. The second kappa shape index (κ2) is 8.12. The highest BCUT2D eigenvalue weighted by molar-refractivity contribution is 6.32. The van der Waals surface area contributed by atoms with Crippen LogP contribution in [0.1, 0.15) is 0 Å². The minimum atomic E-state index is -0.0282. The lowest BCUT2D eigenvalue weighted by Gasteiger charge is -2.36. The third-order valence-electron chi connectivity index (χ3n) is 4.25. The maximum atomic E-state index is 12.4. The van der Waals surface area contributed by atoms with E-state index in [1.807, 2.05) is 41.3 Å². The second-order valence-corrected chi connectivity index (χ2v) is 6.17. The van der Waals surface area contributed by atoms with Gasteiger partial charge in [0, 0.05) is 26.2 Å². The first-order valence-electron chi connectivity index (χ1n) is 8.22. The number of para-hydroxylation sites is 3. The molecule has 0 aromatic heterocycles. The van der Waals surface area contributed by atoms with Gasteiger partial charge >= 0.3 is 0 Å². The minimum Gasteiger partial charge on any atom is -0.495 e. The van der Waals surface area contributed by atoms with Crippen LogP contribution in [0.3, 0.4) is 0 Å². The van der Waals surface area contributed by atoms with Crippen molar-refractivity contribution < 1.29 is 14.3 Å². The monoisotopic (exact) mass is 360 g/mol. The molecule has 0 atom stereocenters. The molecule has 2 aromatic carbocycles. The van der Waals surface area contributed by atoms with Gasteiger partial charge < -0.3 is 19.3 Å². The summed E-state index contributed by atoms with van der Waals surface area (Å²) in [6.07, 6.45) is 0. The highest BCUT2D eigenvalue weighted by Crippen LogP contribution is 2.28. The van der Waals surface area contributed by atoms with Crippen LogP contribution >= 0.6 is 11.6 Å². The number of anilines is 1. The third kappa shape index (κ3) is 4.17. The van der Waals surface area contributed by atoms with Gasteiger partial charge in [-0.05, 0) is 24.3 Å². The Morgan fingerprint density at radius 1 is 1.00 bits per heavy atom. The maximum absolute atomic E-state index is 12.4. The summed E-state index contributed by atoms with van der Waals surface area (Å²) in [5.41, 5.74) is 1.06. The zero-order chi connectivity index (χ0) is 17.6. The summed E-state index contributed by atoms with van der Waals surface area (Å²) in [5.74, 6) is 1.36. The van der Waals surface area contributed by atoms with Crippen LogP contribution in [0, 0.1) is 0 Å². The van der Waals surface area contributed by atoms with Gasteiger partial charge in [0.1, 0.15) is 11.5 Å². The van der Waals surface area contributed by atoms with E-state index in [0.29, 0.717) is 23.9 Å². The van der Waals surface area contributed by atoms with Crippen LogP contribution in [-0.4, -0.2) is 50.7 Å². The first-order valence-corrected chi connectivity index (χ1v) is 8.60. The number of carbonyl (C=O) groups is 1. The number of rotatable bonds is 5. The lowest BCUT2D eigenvalue weighted by Crippen LogP contribution is -2.50. The number of amides is 1. The highest BCUT2D eigenvalue weighted by atomic mass is 35.5. The molecular formula is C19H21ClN2O3. The van der Waals surface area contributed by atoms with Gasteiger partial charge in [0.2, 0.25) is 0 Å². The molecule has 0 saturated carbocycles. The normalized spacial score (nSPS) is 14.3. The molecule has 2 aromatic rings. The molecule has 1 aliphatic heterocycles. The van der Waals surface area contributed by atoms with E-state index < -0.39 is 0 Å². The third-order valence-corrected chi connectivity index (χ3v) is 4.56. The molecule has 5 nitrogen and oxygen atoms in total. The van der Waals surface area contributed by atoms with E-state index in [9.17, 15) is 4.79 Å². The number of benzene rings is 2. The predicted molar refractivity (Wildman–Crippen MR) is 98.7 cm³/mol. The van der Waals surface area contributed by atoms with Crippen molar-refractivity contribution in [3.8, 4) is 11.5 Å². The highest BCUT2D eigenvalue weighted by Gasteiger charge is 2.23. The average molecular weight is 361 g/mol. The quantitative estimate of drug-likeness (QED) is 0.821. The fraction of sp³-hybridized carbons (Fsp3) is 0.316. The van der Waals surface area contributed by atoms with Gasteiger partial charge in [-0.3, -0.25) is 4.79 Å². The van der Waals surface area contributed by atoms with Crippen LogP contribution in [0.4, 0.5) is 5.69 Å². The van der Waals surface area contributed by atoms with Crippen molar-refractivity contribution in [2.45, 2.75) is 0 Å². The summed E-state index contributed by atoms with van der Waals surface area (Å²) >= 11 is 6.04. The molecule has 0 spiro atoms. The maximum Gasteiger partial charge on any atom is 0.260 e. The van der Waals surface area contributed by atoms with Crippen LogP contribution in [0.25, 0.3) is 0 Å². The Balaban J connectivity index is 1.53. The summed E-state index contributed by atoms with van der Waals surface area (Å²) in [7, 11) is 1.67. The van der Waals surface area contributed by atoms with E-state index >= 15 is 0 Å². The van der Waals surface area contributed by atoms with Gasteiger partial charge in [-0.25, -0.2) is 0 Å². The SMILES string of the molecule is COc1ccccc1N1CCN(C(=O)COc2ccccc2Cl)CC1. The van der Waals surface area contributed by atoms with E-state index in [1.54, 1.807) is 19.2 Å². The largest absolute Gasteiger partial charge is 0.495 e. The standard InChI is InChI=1S/C19H21ClN2O3/c1-24-18-9-5-3-7-16(18)21-10-12-22(13-11-21)19(23)14-25-17-8-4-2-6-15(17)20/h2-9H,10-14H2,1H3. The van der Waals surface area contributed by atoms with Crippen molar-refractivity contribution in [1.29, 1.82) is 0 Å². The first kappa shape index (κ1) is 17.4. The van der Waals surface area contributed by atoms with Gasteiger partial charge in [-0.1, -0.05) is 35.9 Å². The van der Waals surface area contributed by atoms with Gasteiger partial charge in [-0.2, -0.15) is 0 Å². The van der Waals surface area contributed by atoms with Crippen LogP contribution in [-0.2, 0) is 4.79 Å². The molecule has 132 valence electrons. The van der Waals surface area contributed by atoms with Gasteiger partial charge in [0.25, 0.3) is 5.91 Å². The Bertz CT molecular complexity index is 730. The molecule has 0 unspecified atom stereocenters. The Morgan fingerprint density at radius 3 is 2.32 bits per heavy atom. The van der Waals surface area contributed by atoms with Crippen LogP contribution in [0.2, 0.25) is 5.02 Å². The molecule has 0 bridgehead atoms. The molecule has 0 aliphatic carbocycles. The molecule has 25 heavy (non-hydrogen) atoms. The molecule has 0 radical (unpaired) electrons. The van der Waals surface area contributed by atoms with Crippen LogP contribution < -0.4 is 14.4 Å². The van der Waals surface area contributed by atoms with Crippen LogP contribution in [0.15, 0.2) is 48.5 Å². The molecule has 6 heteroatoms.